The number of hydrogen-bond acceptors (Lipinski definition) is 2. The maximum Gasteiger partial charge on any atom is 0.261 e. The van der Waals surface area contributed by atoms with Crippen LogP contribution in [0.2, 0.25) is 0 Å². The van der Waals surface area contributed by atoms with Crippen molar-refractivity contribution < 1.29 is 18.0 Å². The van der Waals surface area contributed by atoms with Crippen molar-refractivity contribution in [2.24, 2.45) is 0 Å². The minimum atomic E-state index is -2.51. The highest BCUT2D eigenvalue weighted by Gasteiger charge is 2.52. The molecule has 1 aliphatic carbocycles. The monoisotopic (exact) mass is 229 g/mol. The molecule has 1 N–H and O–H groups in total. The zero-order valence-electron chi connectivity index (χ0n) is 9.14. The lowest BCUT2D eigenvalue weighted by atomic mass is 10.1. The van der Waals surface area contributed by atoms with E-state index in [-0.39, 0.29) is 0 Å². The molecule has 1 heterocycles. The van der Waals surface area contributed by atoms with Crippen molar-refractivity contribution in [1.82, 2.24) is 5.32 Å². The van der Waals surface area contributed by atoms with Gasteiger partial charge in [0.1, 0.15) is 11.3 Å². The smallest absolute Gasteiger partial charge is 0.261 e. The molecular formula is C11H13F2NO2. The highest BCUT2D eigenvalue weighted by molar-refractivity contribution is 5.97. The molecule has 5 heteroatoms. The van der Waals surface area contributed by atoms with Crippen molar-refractivity contribution >= 4 is 5.91 Å². The van der Waals surface area contributed by atoms with Crippen molar-refractivity contribution in [3.05, 3.63) is 23.2 Å². The van der Waals surface area contributed by atoms with Crippen LogP contribution in [0.1, 0.15) is 34.5 Å². The van der Waals surface area contributed by atoms with Gasteiger partial charge in [-0.1, -0.05) is 0 Å². The second-order valence-electron chi connectivity index (χ2n) is 4.26. The predicted molar refractivity (Wildman–Crippen MR) is 53.6 cm³/mol. The molecule has 0 unspecified atom stereocenters. The molecule has 0 saturated heterocycles. The Kier molecular flexibility index (Phi) is 2.48. The summed E-state index contributed by atoms with van der Waals surface area (Å²) in [5.74, 6) is -0.0124. The van der Waals surface area contributed by atoms with E-state index in [1.807, 2.05) is 0 Å². The van der Waals surface area contributed by atoms with Crippen LogP contribution in [0.3, 0.4) is 0 Å². The summed E-state index contributed by atoms with van der Waals surface area (Å²) >= 11 is 0. The van der Waals surface area contributed by atoms with Crippen molar-refractivity contribution in [3.8, 4) is 0 Å². The summed E-state index contributed by atoms with van der Waals surface area (Å²) in [6.45, 7) is 3.36. The lowest BCUT2D eigenvalue weighted by Gasteiger charge is -2.16. The standard InChI is InChI=1S/C11H13F2NO2/c1-6-5-16-7(2)8(6)9(15)14-11(3-4-11)10(12)13/h5,10H,3-4H2,1-2H3,(H,14,15). The van der Waals surface area contributed by atoms with Crippen LogP contribution >= 0.6 is 0 Å². The molecule has 16 heavy (non-hydrogen) atoms. The predicted octanol–water partition coefficient (Wildman–Crippen LogP) is 2.42. The van der Waals surface area contributed by atoms with Gasteiger partial charge in [0.05, 0.1) is 11.8 Å². The first kappa shape index (κ1) is 11.1. The van der Waals surface area contributed by atoms with Crippen LogP contribution in [0, 0.1) is 13.8 Å². The van der Waals surface area contributed by atoms with Gasteiger partial charge in [0.25, 0.3) is 12.3 Å². The Morgan fingerprint density at radius 1 is 1.50 bits per heavy atom. The van der Waals surface area contributed by atoms with Crippen molar-refractivity contribution in [1.29, 1.82) is 0 Å². The van der Waals surface area contributed by atoms with Crippen LogP contribution in [0.15, 0.2) is 10.7 Å². The number of amides is 1. The molecule has 0 radical (unpaired) electrons. The molecule has 1 saturated carbocycles. The highest BCUT2D eigenvalue weighted by atomic mass is 19.3. The zero-order chi connectivity index (χ0) is 11.9. The SMILES string of the molecule is Cc1coc(C)c1C(=O)NC1(C(F)F)CC1. The van der Waals surface area contributed by atoms with Crippen molar-refractivity contribution in [2.45, 2.75) is 38.7 Å². The van der Waals surface area contributed by atoms with Gasteiger partial charge >= 0.3 is 0 Å². The maximum atomic E-state index is 12.6. The topological polar surface area (TPSA) is 42.2 Å². The maximum absolute atomic E-state index is 12.6. The molecule has 3 nitrogen and oxygen atoms in total. The van der Waals surface area contributed by atoms with Crippen molar-refractivity contribution in [2.75, 3.05) is 0 Å². The third-order valence-electron chi connectivity index (χ3n) is 2.95. The summed E-state index contributed by atoms with van der Waals surface area (Å²) in [5.41, 5.74) is -0.264. The molecule has 1 amide bonds. The summed E-state index contributed by atoms with van der Waals surface area (Å²) in [6, 6.07) is 0. The molecule has 1 fully saturated rings. The summed E-state index contributed by atoms with van der Waals surface area (Å²) in [6.07, 6.45) is -0.380. The van der Waals surface area contributed by atoms with Gasteiger partial charge < -0.3 is 9.73 Å². The van der Waals surface area contributed by atoms with E-state index in [0.717, 1.165) is 0 Å². The summed E-state index contributed by atoms with van der Waals surface area (Å²) < 4.78 is 30.3. The van der Waals surface area contributed by atoms with Crippen LogP contribution in [-0.4, -0.2) is 17.9 Å². The average molecular weight is 229 g/mol. The third kappa shape index (κ3) is 1.70. The Morgan fingerprint density at radius 3 is 2.50 bits per heavy atom. The number of nitrogens with one attached hydrogen (secondary N) is 1. The Morgan fingerprint density at radius 2 is 2.12 bits per heavy atom. The van der Waals surface area contributed by atoms with Gasteiger partial charge in [-0.2, -0.15) is 0 Å². The van der Waals surface area contributed by atoms with Crippen LogP contribution in [0.5, 0.6) is 0 Å². The van der Waals surface area contributed by atoms with Gasteiger partial charge in [-0.05, 0) is 26.7 Å². The van der Waals surface area contributed by atoms with Crippen LogP contribution in [0.25, 0.3) is 0 Å². The van der Waals surface area contributed by atoms with Gasteiger partial charge in [-0.15, -0.1) is 0 Å². The second kappa shape index (κ2) is 3.57. The Hall–Kier alpha value is -1.39. The largest absolute Gasteiger partial charge is 0.469 e. The Labute approximate surface area is 91.8 Å². The zero-order valence-corrected chi connectivity index (χ0v) is 9.14. The van der Waals surface area contributed by atoms with Crippen LogP contribution < -0.4 is 5.32 Å². The number of alkyl halides is 2. The number of hydrogen-bond donors (Lipinski definition) is 1. The van der Waals surface area contributed by atoms with E-state index in [1.54, 1.807) is 13.8 Å². The number of carbonyl (C=O) groups is 1. The minimum Gasteiger partial charge on any atom is -0.469 e. The molecule has 0 aromatic carbocycles. The van der Waals surface area contributed by atoms with Crippen molar-refractivity contribution in [3.63, 3.8) is 0 Å². The minimum absolute atomic E-state index is 0.340. The fourth-order valence-corrected chi connectivity index (χ4v) is 1.73. The molecule has 88 valence electrons. The molecule has 1 aliphatic rings. The Bertz CT molecular complexity index is 402. The summed E-state index contributed by atoms with van der Waals surface area (Å²) in [4.78, 5) is 11.8. The number of rotatable bonds is 3. The third-order valence-corrected chi connectivity index (χ3v) is 2.95. The fourth-order valence-electron chi connectivity index (χ4n) is 1.73. The first-order valence-corrected chi connectivity index (χ1v) is 5.11. The van der Waals surface area contributed by atoms with Gasteiger partial charge in [0.15, 0.2) is 0 Å². The van der Waals surface area contributed by atoms with Gasteiger partial charge in [0.2, 0.25) is 0 Å². The molecule has 1 aromatic rings. The van der Waals surface area contributed by atoms with E-state index in [2.05, 4.69) is 5.32 Å². The first-order chi connectivity index (χ1) is 7.46. The average Bonchev–Trinajstić information content (AvgIpc) is 2.89. The quantitative estimate of drug-likeness (QED) is 0.864. The number of furan rings is 1. The lowest BCUT2D eigenvalue weighted by molar-refractivity contribution is 0.0678. The van der Waals surface area contributed by atoms with Crippen LogP contribution in [0.4, 0.5) is 8.78 Å². The molecule has 2 rings (SSSR count). The normalized spacial score (nSPS) is 17.6. The van der Waals surface area contributed by atoms with Gasteiger partial charge in [-0.25, -0.2) is 8.78 Å². The number of carbonyl (C=O) groups excluding carboxylic acids is 1. The van der Waals surface area contributed by atoms with E-state index in [4.69, 9.17) is 4.42 Å². The highest BCUT2D eigenvalue weighted by Crippen LogP contribution is 2.41. The molecule has 1 aromatic heterocycles. The van der Waals surface area contributed by atoms with E-state index in [9.17, 15) is 13.6 Å². The van der Waals surface area contributed by atoms with E-state index in [1.165, 1.54) is 6.26 Å². The van der Waals surface area contributed by atoms with E-state index in [0.29, 0.717) is 29.7 Å². The second-order valence-corrected chi connectivity index (χ2v) is 4.26. The van der Waals surface area contributed by atoms with Gasteiger partial charge in [0, 0.05) is 5.56 Å². The van der Waals surface area contributed by atoms with Crippen LogP contribution in [-0.2, 0) is 0 Å². The summed E-state index contributed by atoms with van der Waals surface area (Å²) in [5, 5.41) is 2.40. The molecule has 0 aliphatic heterocycles. The summed E-state index contributed by atoms with van der Waals surface area (Å²) in [7, 11) is 0. The van der Waals surface area contributed by atoms with E-state index >= 15 is 0 Å². The lowest BCUT2D eigenvalue weighted by Crippen LogP contribution is -2.42. The molecular weight excluding hydrogens is 216 g/mol. The molecule has 0 spiro atoms. The van der Waals surface area contributed by atoms with E-state index < -0.39 is 17.9 Å². The number of halogens is 2. The molecule has 0 bridgehead atoms. The number of aryl methyl sites for hydroxylation is 2. The Balaban J connectivity index is 2.16. The fraction of sp³-hybridized carbons (Fsp3) is 0.545. The van der Waals surface area contributed by atoms with Gasteiger partial charge in [-0.3, -0.25) is 4.79 Å². The first-order valence-electron chi connectivity index (χ1n) is 5.11. The molecule has 0 atom stereocenters.